The Morgan fingerprint density at radius 2 is 0.605 bits per heavy atom. The second kappa shape index (κ2) is 7.29. The summed E-state index contributed by atoms with van der Waals surface area (Å²) in [5.41, 5.74) is 7.72. The molecular formula is C38H36. The average Bonchev–Trinajstić information content (AvgIpc) is 3.01. The molecule has 7 aliphatic rings. The molecule has 0 radical (unpaired) electrons. The summed E-state index contributed by atoms with van der Waals surface area (Å²) in [5.74, 6) is 2.97. The van der Waals surface area contributed by atoms with Gasteiger partial charge in [-0.15, -0.1) is 0 Å². The van der Waals surface area contributed by atoms with Crippen LogP contribution in [0, 0.1) is 23.7 Å². The average molecular weight is 493 g/mol. The summed E-state index contributed by atoms with van der Waals surface area (Å²) in [5, 5.41) is 0. The van der Waals surface area contributed by atoms with Crippen molar-refractivity contribution in [3.8, 4) is 0 Å². The molecule has 4 unspecified atom stereocenters. The van der Waals surface area contributed by atoms with Crippen LogP contribution in [0.4, 0.5) is 0 Å². The number of hydrogen-bond acceptors (Lipinski definition) is 0. The Morgan fingerprint density at radius 1 is 0.342 bits per heavy atom. The van der Waals surface area contributed by atoms with Crippen molar-refractivity contribution in [2.24, 2.45) is 23.7 Å². The van der Waals surface area contributed by atoms with Crippen molar-refractivity contribution in [3.63, 3.8) is 0 Å². The third-order valence-electron chi connectivity index (χ3n) is 12.7. The smallest absolute Gasteiger partial charge is 0.00245 e. The summed E-state index contributed by atoms with van der Waals surface area (Å²) in [4.78, 5) is 0. The quantitative estimate of drug-likeness (QED) is 0.267. The Labute approximate surface area is 227 Å². The summed E-state index contributed by atoms with van der Waals surface area (Å²) in [6, 6.07) is 47.2. The Hall–Kier alpha value is -3.12. The van der Waals surface area contributed by atoms with E-state index in [4.69, 9.17) is 0 Å². The van der Waals surface area contributed by atoms with Gasteiger partial charge < -0.3 is 0 Å². The second-order valence-electron chi connectivity index (χ2n) is 13.7. The molecule has 0 aromatic heterocycles. The van der Waals surface area contributed by atoms with Gasteiger partial charge in [0.05, 0.1) is 0 Å². The maximum Gasteiger partial charge on any atom is 0.00245 e. The minimum Gasteiger partial charge on any atom is -0.0622 e. The molecule has 0 heterocycles. The second-order valence-corrected chi connectivity index (χ2v) is 13.7. The van der Waals surface area contributed by atoms with Crippen LogP contribution in [0.3, 0.4) is 0 Å². The molecule has 0 N–H and O–H groups in total. The van der Waals surface area contributed by atoms with Gasteiger partial charge in [0, 0.05) is 10.8 Å². The first-order valence-electron chi connectivity index (χ1n) is 14.9. The molecular weight excluding hydrogens is 456 g/mol. The van der Waals surface area contributed by atoms with Gasteiger partial charge in [0.25, 0.3) is 0 Å². The van der Waals surface area contributed by atoms with Crippen LogP contribution in [0.25, 0.3) is 0 Å². The predicted molar refractivity (Wildman–Crippen MR) is 154 cm³/mol. The molecule has 7 aliphatic carbocycles. The first-order valence-corrected chi connectivity index (χ1v) is 14.9. The van der Waals surface area contributed by atoms with E-state index in [1.807, 2.05) is 0 Å². The molecule has 4 atom stereocenters. The Morgan fingerprint density at radius 3 is 0.895 bits per heavy atom. The third kappa shape index (κ3) is 2.45. The van der Waals surface area contributed by atoms with E-state index in [2.05, 4.69) is 121 Å². The highest BCUT2D eigenvalue weighted by atomic mass is 14.8. The van der Waals surface area contributed by atoms with E-state index in [0.29, 0.717) is 21.7 Å². The van der Waals surface area contributed by atoms with Crippen LogP contribution in [-0.4, -0.2) is 0 Å². The minimum absolute atomic E-state index is 0.292. The number of hydrogen-bond donors (Lipinski definition) is 0. The molecule has 38 heavy (non-hydrogen) atoms. The molecule has 4 aromatic rings. The number of benzene rings is 4. The fourth-order valence-corrected chi connectivity index (χ4v) is 11.9. The summed E-state index contributed by atoms with van der Waals surface area (Å²) in [7, 11) is 0. The molecule has 8 bridgehead atoms. The van der Waals surface area contributed by atoms with Crippen LogP contribution in [0.15, 0.2) is 121 Å². The lowest BCUT2D eigenvalue weighted by Gasteiger charge is -2.83. The fourth-order valence-electron chi connectivity index (χ4n) is 11.9. The first kappa shape index (κ1) is 21.8. The highest BCUT2D eigenvalue weighted by Gasteiger charge is 2.80. The molecule has 0 spiro atoms. The Balaban J connectivity index is 1.33. The minimum atomic E-state index is 0.292. The lowest BCUT2D eigenvalue weighted by atomic mass is 9.20. The fraction of sp³-hybridized carbons (Fsp3) is 0.368. The van der Waals surface area contributed by atoms with Gasteiger partial charge in [-0.1, -0.05) is 121 Å². The van der Waals surface area contributed by atoms with Crippen molar-refractivity contribution < 1.29 is 0 Å². The van der Waals surface area contributed by atoms with Gasteiger partial charge in [-0.3, -0.25) is 0 Å². The van der Waals surface area contributed by atoms with Gasteiger partial charge in [-0.25, -0.2) is 0 Å². The van der Waals surface area contributed by atoms with E-state index >= 15 is 0 Å². The van der Waals surface area contributed by atoms with Crippen molar-refractivity contribution in [3.05, 3.63) is 144 Å². The van der Waals surface area contributed by atoms with Gasteiger partial charge in [0.1, 0.15) is 0 Å². The van der Waals surface area contributed by atoms with Gasteiger partial charge >= 0.3 is 0 Å². The van der Waals surface area contributed by atoms with Crippen LogP contribution in [-0.2, 0) is 21.7 Å². The van der Waals surface area contributed by atoms with E-state index in [9.17, 15) is 0 Å². The summed E-state index contributed by atoms with van der Waals surface area (Å²) in [6.07, 6.45) is 8.12. The number of rotatable bonds is 4. The summed E-state index contributed by atoms with van der Waals surface area (Å²) < 4.78 is 0. The van der Waals surface area contributed by atoms with E-state index < -0.39 is 0 Å². The molecule has 0 nitrogen and oxygen atoms in total. The zero-order valence-corrected chi connectivity index (χ0v) is 22.1. The van der Waals surface area contributed by atoms with Crippen LogP contribution in [0.5, 0.6) is 0 Å². The monoisotopic (exact) mass is 492 g/mol. The Bertz CT molecular complexity index is 1340. The predicted octanol–water partition coefficient (Wildman–Crippen LogP) is 8.61. The molecule has 0 saturated heterocycles. The zero-order chi connectivity index (χ0) is 25.0. The van der Waals surface area contributed by atoms with Crippen LogP contribution >= 0.6 is 0 Å². The lowest BCUT2D eigenvalue weighted by Crippen LogP contribution is -2.80. The van der Waals surface area contributed by atoms with Crippen molar-refractivity contribution in [1.29, 1.82) is 0 Å². The standard InChI is InChI=1S/C38H36/c1-5-13-27(14-6-1)35-21-31-33-23-36(28-15-7-2-8-16-28)24-34(37(33,25-35)29-17-9-3-10-18-29)32(22-35)38(31,26-36)30-19-11-4-12-20-30/h1-20,31-34H,21-26H2. The van der Waals surface area contributed by atoms with E-state index in [0.717, 1.165) is 23.7 Å². The van der Waals surface area contributed by atoms with Crippen LogP contribution < -0.4 is 0 Å². The topological polar surface area (TPSA) is 0 Å². The molecule has 11 rings (SSSR count). The Kier molecular flexibility index (Phi) is 4.18. The van der Waals surface area contributed by atoms with Crippen molar-refractivity contribution in [2.45, 2.75) is 60.2 Å². The van der Waals surface area contributed by atoms with Crippen LogP contribution in [0.1, 0.15) is 60.8 Å². The third-order valence-corrected chi connectivity index (χ3v) is 12.7. The molecule has 188 valence electrons. The zero-order valence-electron chi connectivity index (χ0n) is 22.1. The van der Waals surface area contributed by atoms with Crippen molar-refractivity contribution >= 4 is 0 Å². The van der Waals surface area contributed by atoms with Gasteiger partial charge in [0.2, 0.25) is 0 Å². The van der Waals surface area contributed by atoms with Gasteiger partial charge in [-0.2, -0.15) is 0 Å². The largest absolute Gasteiger partial charge is 0.0622 e. The van der Waals surface area contributed by atoms with E-state index in [1.165, 1.54) is 38.5 Å². The summed E-state index contributed by atoms with van der Waals surface area (Å²) >= 11 is 0. The van der Waals surface area contributed by atoms with Crippen molar-refractivity contribution in [2.75, 3.05) is 0 Å². The van der Waals surface area contributed by atoms with E-state index in [1.54, 1.807) is 22.3 Å². The maximum absolute atomic E-state index is 2.51. The summed E-state index contributed by atoms with van der Waals surface area (Å²) in [6.45, 7) is 0. The molecule has 0 heteroatoms. The normalized spacial score (nSPS) is 41.5. The molecule has 7 saturated carbocycles. The molecule has 0 amide bonds. The molecule has 4 aromatic carbocycles. The van der Waals surface area contributed by atoms with Crippen LogP contribution in [0.2, 0.25) is 0 Å². The molecule has 7 fully saturated rings. The van der Waals surface area contributed by atoms with E-state index in [-0.39, 0.29) is 0 Å². The lowest BCUT2D eigenvalue weighted by molar-refractivity contribution is -0.253. The van der Waals surface area contributed by atoms with Crippen molar-refractivity contribution in [1.82, 2.24) is 0 Å². The SMILES string of the molecule is c1ccc(C23CC4C5CC6(c7ccccc7)CC(C(C2)C4(c2ccccc2)C6)C5(c2ccccc2)C3)cc1. The first-order chi connectivity index (χ1) is 18.7. The highest BCUT2D eigenvalue weighted by molar-refractivity contribution is 5.51. The highest BCUT2D eigenvalue weighted by Crippen LogP contribution is 2.84. The molecule has 0 aliphatic heterocycles. The van der Waals surface area contributed by atoms with Gasteiger partial charge in [0.15, 0.2) is 0 Å². The van der Waals surface area contributed by atoms with Gasteiger partial charge in [-0.05, 0) is 95.3 Å². The maximum atomic E-state index is 2.51.